The largest absolute Gasteiger partial charge is 5.00 e. The Kier molecular flexibility index (Phi) is 77.4. The van der Waals surface area contributed by atoms with Crippen molar-refractivity contribution < 1.29 is 141 Å². The summed E-state index contributed by atoms with van der Waals surface area (Å²) in [5.41, 5.74) is 7.47. The molecule has 0 amide bonds. The quantitative estimate of drug-likeness (QED) is 0.0471. The second-order valence-electron chi connectivity index (χ2n) is 24.6. The van der Waals surface area contributed by atoms with Crippen LogP contribution >= 0.6 is 15.8 Å². The van der Waals surface area contributed by atoms with Gasteiger partial charge in [-0.25, -0.2) is 30.3 Å². The van der Waals surface area contributed by atoms with Crippen molar-refractivity contribution in [2.75, 3.05) is 13.2 Å². The van der Waals surface area contributed by atoms with Crippen molar-refractivity contribution in [2.24, 2.45) is 20.8 Å². The first kappa shape index (κ1) is 126. The third-order valence-electron chi connectivity index (χ3n) is 15.3. The van der Waals surface area contributed by atoms with Gasteiger partial charge in [-0.15, -0.1) is 108 Å². The molecule has 12 aromatic rings. The third kappa shape index (κ3) is 42.6. The maximum atomic E-state index is 5.59. The molecule has 2 atom stereocenters. The van der Waals surface area contributed by atoms with Crippen LogP contribution in [0.3, 0.4) is 0 Å². The Bertz CT molecular complexity index is 3790. The first-order chi connectivity index (χ1) is 45.9. The van der Waals surface area contributed by atoms with Crippen LogP contribution in [0.4, 0.5) is 0 Å². The predicted octanol–water partition coefficient (Wildman–Crippen LogP) is -17.3. The van der Waals surface area contributed by atoms with Crippen LogP contribution in [0.15, 0.2) is 362 Å². The van der Waals surface area contributed by atoms with Gasteiger partial charge < -0.3 is 65.9 Å². The monoisotopic (exact) mass is 2060 g/mol. The van der Waals surface area contributed by atoms with Crippen LogP contribution in [0, 0.1) is 23.7 Å². The van der Waals surface area contributed by atoms with Crippen molar-refractivity contribution in [1.82, 2.24) is 0 Å². The number of hydrogen-bond donors (Lipinski definition) is 0. The van der Waals surface area contributed by atoms with Gasteiger partial charge in [-0.3, -0.25) is 9.98 Å². The number of aliphatic imine (C=N–C) groups is 2. The first-order valence-corrected chi connectivity index (χ1v) is 35.0. The van der Waals surface area contributed by atoms with E-state index in [1.807, 2.05) is 121 Å². The summed E-state index contributed by atoms with van der Waals surface area (Å²) in [5.74, 6) is 1.60. The summed E-state index contributed by atoms with van der Waals surface area (Å²) >= 11 is 0. The minimum absolute atomic E-state index is 0. The van der Waals surface area contributed by atoms with Crippen LogP contribution in [0.5, 0.6) is 0 Å². The van der Waals surface area contributed by atoms with Crippen LogP contribution in [0.2, 0.25) is 0 Å². The molecular formula is C88H86F12Fe2N2O2P2Pd2Sb2. The molecule has 0 radical (unpaired) electrons. The van der Waals surface area contributed by atoms with Gasteiger partial charge in [0.1, 0.15) is 12.5 Å². The molecule has 2 aliphatic heterocycles. The van der Waals surface area contributed by atoms with Crippen LogP contribution in [0.1, 0.15) is 74.9 Å². The summed E-state index contributed by atoms with van der Waals surface area (Å²) in [6.45, 7) is 14.6. The maximum Gasteiger partial charge on any atom is 5.00 e. The summed E-state index contributed by atoms with van der Waals surface area (Å²) in [7, 11) is -0.818. The summed E-state index contributed by atoms with van der Waals surface area (Å²) in [4.78, 5) is 9.19. The molecule has 0 bridgehead atoms. The number of benzene rings is 8. The molecule has 600 valence electrons. The molecule has 0 unspecified atom stereocenters. The molecule has 4 nitrogen and oxygen atoms in total. The number of nitrogens with zero attached hydrogens (tertiary/aromatic N) is 2. The number of halogens is 12. The van der Waals surface area contributed by atoms with E-state index in [0.717, 1.165) is 22.9 Å². The molecule has 112 heavy (non-hydrogen) atoms. The predicted molar refractivity (Wildman–Crippen MR) is 419 cm³/mol. The van der Waals surface area contributed by atoms with E-state index in [9.17, 15) is 0 Å². The molecular weight excluding hydrogens is 1970 g/mol. The van der Waals surface area contributed by atoms with E-state index in [4.69, 9.17) is 9.47 Å². The van der Waals surface area contributed by atoms with Gasteiger partial charge in [-0.05, 0) is 40.0 Å². The standard InChI is InChI=1S/2C17H14P.2C15H13.2C12H16NO.12FH.2Fe.2Pd.2Sb/c2*1-3-9-15(10-4-1)18(17-13-7-8-14-17)16-11-5-2-6-12-16;2*1-3-8-14(9-4-1)12-7-13-15-10-5-2-6-11-15;2*1-12(2,3)10-8-14-11(13-10)9-6-4-5-7-9;;;;;;;;;;;;;;;;;;/h2*1-14H;2*1-13H;2*4-7,10H,8H2,1-3H3;12*1H;;;;;;/q6*-1;;;;;;;;;;;;;4*+2;2*+5/p-12/b;;2*12-7+;;;;;;;;;;;;;;;;;;;;/t;;;;2*10-;;;;;;;;;;;;;;;;;;/m....11................../s1. The van der Waals surface area contributed by atoms with E-state index in [0.29, 0.717) is 13.2 Å². The molecule has 0 fully saturated rings. The van der Waals surface area contributed by atoms with Gasteiger partial charge in [0, 0.05) is 0 Å². The van der Waals surface area contributed by atoms with E-state index < -0.39 is 15.8 Å². The second-order valence-corrected chi connectivity index (χ2v) is 29.0. The Morgan fingerprint density at radius 3 is 1.04 bits per heavy atom. The first-order valence-electron chi connectivity index (χ1n) is 32.3. The molecule has 0 saturated carbocycles. The number of hydrogen-bond acceptors (Lipinski definition) is 4. The fraction of sp³-hybridized carbons (Fsp3) is 0.136. The van der Waals surface area contributed by atoms with Crippen molar-refractivity contribution in [3.8, 4) is 0 Å². The fourth-order valence-corrected chi connectivity index (χ4v) is 14.6. The molecule has 0 aromatic heterocycles. The van der Waals surface area contributed by atoms with Crippen LogP contribution in [0.25, 0.3) is 12.2 Å². The van der Waals surface area contributed by atoms with E-state index in [2.05, 4.69) is 307 Å². The Balaban J connectivity index is -0.000000135. The molecule has 24 heteroatoms. The van der Waals surface area contributed by atoms with Crippen LogP contribution in [-0.4, -0.2) is 85.9 Å². The topological polar surface area (TPSA) is 43.2 Å². The average molecular weight is 2060 g/mol. The number of ether oxygens (including phenoxy) is 2. The van der Waals surface area contributed by atoms with Gasteiger partial charge in [0.05, 0.1) is 18.7 Å². The normalized spacial score (nSPS) is 11.7. The summed E-state index contributed by atoms with van der Waals surface area (Å²) < 4.78 is 11.2. The minimum atomic E-state index is -0.409. The summed E-state index contributed by atoms with van der Waals surface area (Å²) in [5, 5.41) is 8.47. The molecule has 0 saturated heterocycles. The zero-order valence-corrected chi connectivity index (χ0v) is 74.0. The zero-order valence-electron chi connectivity index (χ0n) is 61.7. The smallest absolute Gasteiger partial charge is 1.00 e. The van der Waals surface area contributed by atoms with Crippen molar-refractivity contribution in [2.45, 2.75) is 53.6 Å². The minimum Gasteiger partial charge on any atom is -1.00 e. The Morgan fingerprint density at radius 1 is 0.375 bits per heavy atom. The Morgan fingerprint density at radius 2 is 0.714 bits per heavy atom. The van der Waals surface area contributed by atoms with E-state index in [1.165, 1.54) is 54.1 Å². The van der Waals surface area contributed by atoms with Gasteiger partial charge in [-0.1, -0.05) is 266 Å². The molecule has 14 rings (SSSR count). The van der Waals surface area contributed by atoms with Gasteiger partial charge in [-0.2, -0.15) is 66.0 Å². The maximum absolute atomic E-state index is 5.59. The molecule has 0 N–H and O–H groups in total. The molecule has 2 heterocycles. The van der Waals surface area contributed by atoms with Crippen molar-refractivity contribution in [1.29, 1.82) is 0 Å². The molecule has 0 spiro atoms. The van der Waals surface area contributed by atoms with Crippen LogP contribution < -0.4 is 88.3 Å². The van der Waals surface area contributed by atoms with Gasteiger partial charge in [0.25, 0.3) is 0 Å². The molecule has 12 aromatic carbocycles. The fourth-order valence-electron chi connectivity index (χ4n) is 10.0. The SMILES string of the molecule is C(=C\c1ccccc1)/[CH-]c1ccccc1.C(=C\c1ccccc1)/[CH-]c1ccccc1.CC(C)(C)[C@H]1COC([c-]2cccc2)=N1.CC(C)(C)[C@H]1COC(c2ccc[cH-]2)=N1.[F-].[F-].[F-].[F-].[F-].[F-].[F-].[F-].[F-].[F-].[F-].[F-].[Fe+2].[Fe+2].[Pd+2].[Pd+2].[Sb+5].[Sb+5].c1ccc(P(c2ccccc2)c2cc[cH-]c2)cc1.c1ccc(P(c2ccccc2)c2ccc[cH-]2)cc1. The van der Waals surface area contributed by atoms with E-state index >= 15 is 0 Å². The van der Waals surface area contributed by atoms with Gasteiger partial charge in [0.15, 0.2) is 5.90 Å². The summed E-state index contributed by atoms with van der Waals surface area (Å²) in [6, 6.07) is 118. The third-order valence-corrected chi connectivity index (χ3v) is 20.2. The van der Waals surface area contributed by atoms with Crippen LogP contribution in [-0.2, 0) is 84.5 Å². The molecule has 2 aliphatic rings. The number of allylic oxidation sites excluding steroid dienone is 2. The summed E-state index contributed by atoms with van der Waals surface area (Å²) in [6.07, 6.45) is 12.6. The molecule has 0 aliphatic carbocycles. The Labute approximate surface area is 740 Å². The Hall–Kier alpha value is -6.66. The zero-order chi connectivity index (χ0) is 65.5. The van der Waals surface area contributed by atoms with Crippen molar-refractivity contribution >= 4 is 120 Å². The number of rotatable bonds is 14. The van der Waals surface area contributed by atoms with E-state index in [-0.39, 0.29) is 203 Å². The van der Waals surface area contributed by atoms with Crippen molar-refractivity contribution in [3.05, 3.63) is 398 Å². The van der Waals surface area contributed by atoms with E-state index in [1.54, 1.807) is 0 Å². The second kappa shape index (κ2) is 68.7. The average Bonchev–Trinajstić information content (AvgIpc) is 1.37. The van der Waals surface area contributed by atoms with Crippen molar-refractivity contribution in [3.63, 3.8) is 0 Å². The van der Waals surface area contributed by atoms with Gasteiger partial charge in [0.2, 0.25) is 0 Å². The van der Waals surface area contributed by atoms with Gasteiger partial charge >= 0.3 is 124 Å².